The molecule has 0 saturated carbocycles. The van der Waals surface area contributed by atoms with Gasteiger partial charge in [0.25, 0.3) is 0 Å². The second kappa shape index (κ2) is 18.2. The predicted molar refractivity (Wildman–Crippen MR) is 285 cm³/mol. The fraction of sp³-hybridized carbons (Fsp3) is 0.129. The predicted octanol–water partition coefficient (Wildman–Crippen LogP) is 13.0. The second-order valence-corrected chi connectivity index (χ2v) is 23.6. The molecular formula is C62H53N4OPtSi-3. The van der Waals surface area contributed by atoms with E-state index in [1.54, 1.807) is 0 Å². The van der Waals surface area contributed by atoms with Crippen LogP contribution in [0.4, 0.5) is 22.7 Å². The van der Waals surface area contributed by atoms with Gasteiger partial charge in [-0.2, -0.15) is 12.1 Å². The van der Waals surface area contributed by atoms with E-state index in [0.717, 1.165) is 50.4 Å². The van der Waals surface area contributed by atoms with Crippen molar-refractivity contribution in [3.05, 3.63) is 236 Å². The summed E-state index contributed by atoms with van der Waals surface area (Å²) in [4.78, 5) is 9.48. The van der Waals surface area contributed by atoms with Crippen LogP contribution in [-0.2, 0) is 31.9 Å². The second-order valence-electron chi connectivity index (χ2n) is 19.8. The van der Waals surface area contributed by atoms with Crippen molar-refractivity contribution in [2.75, 3.05) is 9.80 Å². The van der Waals surface area contributed by atoms with Gasteiger partial charge < -0.3 is 19.1 Å². The number of nitrogens with zero attached hydrogens (tertiary/aromatic N) is 4. The molecule has 8 aromatic carbocycles. The van der Waals surface area contributed by atoms with E-state index in [2.05, 4.69) is 257 Å². The fourth-order valence-electron chi connectivity index (χ4n) is 9.91. The maximum absolute atomic E-state index is 6.76. The first kappa shape index (κ1) is 45.8. The molecule has 0 aliphatic carbocycles. The molecule has 2 aromatic heterocycles. The molecule has 0 spiro atoms. The minimum atomic E-state index is -2.82. The molecule has 0 saturated heterocycles. The van der Waals surface area contributed by atoms with Crippen molar-refractivity contribution in [2.24, 2.45) is 0 Å². The molecule has 0 unspecified atom stereocenters. The van der Waals surface area contributed by atoms with Gasteiger partial charge in [0.15, 0.2) is 8.07 Å². The third kappa shape index (κ3) is 8.30. The van der Waals surface area contributed by atoms with Crippen molar-refractivity contribution in [1.29, 1.82) is 0 Å². The monoisotopic (exact) mass is 1090 g/mol. The fourth-order valence-corrected chi connectivity index (χ4v) is 14.7. The van der Waals surface area contributed by atoms with Gasteiger partial charge in [0.1, 0.15) is 5.82 Å². The number of hydrogen-bond acceptors (Lipinski definition) is 4. The molecule has 0 atom stereocenters. The van der Waals surface area contributed by atoms with Crippen molar-refractivity contribution in [2.45, 2.75) is 52.4 Å². The molecule has 10 aromatic rings. The molecule has 1 aliphatic heterocycles. The van der Waals surface area contributed by atoms with E-state index in [0.29, 0.717) is 11.5 Å². The van der Waals surface area contributed by atoms with Crippen LogP contribution in [-0.4, -0.2) is 17.6 Å². The van der Waals surface area contributed by atoms with Crippen molar-refractivity contribution in [3.8, 4) is 17.3 Å². The topological polar surface area (TPSA) is 33.5 Å². The van der Waals surface area contributed by atoms with Gasteiger partial charge in [-0.25, -0.2) is 4.98 Å². The molecule has 7 heteroatoms. The number of fused-ring (bicyclic) bond motifs is 4. The summed E-state index contributed by atoms with van der Waals surface area (Å²) in [6, 6.07) is 79.7. The Labute approximate surface area is 422 Å². The average Bonchev–Trinajstić information content (AvgIpc) is 3.91. The first-order valence-electron chi connectivity index (χ1n) is 23.4. The normalized spacial score (nSPS) is 12.8. The molecular weight excluding hydrogens is 1040 g/mol. The first-order valence-corrected chi connectivity index (χ1v) is 25.4. The van der Waals surface area contributed by atoms with Crippen LogP contribution in [0.15, 0.2) is 206 Å². The molecule has 69 heavy (non-hydrogen) atoms. The summed E-state index contributed by atoms with van der Waals surface area (Å²) in [5.41, 5.74) is 8.56. The van der Waals surface area contributed by atoms with Crippen LogP contribution in [0.2, 0.25) is 0 Å². The Hall–Kier alpha value is -6.98. The average molecular weight is 1090 g/mol. The van der Waals surface area contributed by atoms with E-state index in [-0.39, 0.29) is 31.9 Å². The van der Waals surface area contributed by atoms with Crippen LogP contribution in [0, 0.1) is 18.8 Å². The largest absolute Gasteiger partial charge is 0.509 e. The van der Waals surface area contributed by atoms with Gasteiger partial charge in [-0.1, -0.05) is 174 Å². The Bertz CT molecular complexity index is 3350. The van der Waals surface area contributed by atoms with Gasteiger partial charge in [0.2, 0.25) is 0 Å². The van der Waals surface area contributed by atoms with E-state index in [9.17, 15) is 0 Å². The summed E-state index contributed by atoms with van der Waals surface area (Å²) < 4.78 is 9.02. The standard InChI is InChI=1S/C62H53N4OSi.Pt/c1-61(2,3)44-20-18-21-46(38-44)64-43-65(58-31-17-16-30-57(58)64)47-22-19-23-48(40-47)67-49-32-34-54-55-42-53(33-35-56(55)66(59(54)41-49)60-39-45(36-37-63-60)62(4,5)6)68(50-24-10-7-11-25-50,51-26-12-8-13-27-51)52-28-14-9-15-29-52;/h7-39,42-43H,1-6H3;/q-3;. The summed E-state index contributed by atoms with van der Waals surface area (Å²) in [5.74, 6) is 2.03. The van der Waals surface area contributed by atoms with Crippen molar-refractivity contribution >= 4 is 73.4 Å². The van der Waals surface area contributed by atoms with Gasteiger partial charge >= 0.3 is 0 Å². The zero-order valence-corrected chi connectivity index (χ0v) is 43.0. The number of aromatic nitrogens is 2. The molecule has 5 nitrogen and oxygen atoms in total. The summed E-state index contributed by atoms with van der Waals surface area (Å²) in [7, 11) is -2.82. The minimum Gasteiger partial charge on any atom is -0.509 e. The third-order valence-corrected chi connectivity index (χ3v) is 18.2. The molecule has 11 rings (SSSR count). The zero-order valence-electron chi connectivity index (χ0n) is 39.7. The number of para-hydroxylation sites is 2. The number of anilines is 4. The quantitative estimate of drug-likeness (QED) is 0.0819. The summed E-state index contributed by atoms with van der Waals surface area (Å²) in [5, 5.41) is 7.51. The minimum absolute atomic E-state index is 0. The van der Waals surface area contributed by atoms with Crippen molar-refractivity contribution in [3.63, 3.8) is 0 Å². The first-order chi connectivity index (χ1) is 33.0. The molecule has 0 fully saturated rings. The van der Waals surface area contributed by atoms with Crippen LogP contribution >= 0.6 is 0 Å². The van der Waals surface area contributed by atoms with Crippen LogP contribution < -0.4 is 35.3 Å². The number of hydrogen-bond donors (Lipinski definition) is 0. The third-order valence-electron chi connectivity index (χ3n) is 13.4. The molecule has 3 heterocycles. The van der Waals surface area contributed by atoms with E-state index >= 15 is 0 Å². The molecule has 0 amide bonds. The van der Waals surface area contributed by atoms with Gasteiger partial charge in [-0.05, 0) is 90.6 Å². The Morgan fingerprint density at radius 1 is 0.493 bits per heavy atom. The van der Waals surface area contributed by atoms with Gasteiger partial charge in [0.05, 0.1) is 0 Å². The number of ether oxygens (including phenoxy) is 1. The summed E-state index contributed by atoms with van der Waals surface area (Å²) in [6.07, 6.45) is 1.93. The van der Waals surface area contributed by atoms with Gasteiger partial charge in [-0.15, -0.1) is 48.1 Å². The van der Waals surface area contributed by atoms with Crippen LogP contribution in [0.3, 0.4) is 0 Å². The van der Waals surface area contributed by atoms with Gasteiger partial charge in [-0.3, -0.25) is 0 Å². The number of pyridine rings is 1. The van der Waals surface area contributed by atoms with Crippen molar-refractivity contribution in [1.82, 2.24) is 9.55 Å². The van der Waals surface area contributed by atoms with Crippen LogP contribution in [0.25, 0.3) is 27.6 Å². The number of rotatable bonds is 9. The maximum Gasteiger partial charge on any atom is 0.179 e. The number of benzene rings is 8. The van der Waals surface area contributed by atoms with Crippen LogP contribution in [0.5, 0.6) is 11.5 Å². The Kier molecular flexibility index (Phi) is 12.0. The van der Waals surface area contributed by atoms with E-state index in [1.165, 1.54) is 31.9 Å². The Morgan fingerprint density at radius 3 is 1.71 bits per heavy atom. The van der Waals surface area contributed by atoms with Gasteiger partial charge in [0, 0.05) is 61.3 Å². The smallest absolute Gasteiger partial charge is 0.179 e. The van der Waals surface area contributed by atoms with Crippen LogP contribution in [0.1, 0.15) is 52.7 Å². The Balaban J connectivity index is 0.00000553. The maximum atomic E-state index is 6.76. The molecule has 0 radical (unpaired) electrons. The Morgan fingerprint density at radius 2 is 1.07 bits per heavy atom. The molecule has 344 valence electrons. The SMILES string of the molecule is CC(C)(C)c1cccc(N2[CH-]N(c3[c-]c(Oc4[c-]c5c(cc4)c4cc([Si](c6ccccc6)(c6ccccc6)c6ccccc6)ccc4n5-c4cc(C(C)(C)C)ccn4)ccc3)c3ccccc32)c1.[Pt]. The van der Waals surface area contributed by atoms with Crippen molar-refractivity contribution < 1.29 is 25.8 Å². The molecule has 0 bridgehead atoms. The zero-order chi connectivity index (χ0) is 46.6. The molecule has 1 aliphatic rings. The van der Waals surface area contributed by atoms with E-state index < -0.39 is 8.07 Å². The summed E-state index contributed by atoms with van der Waals surface area (Å²) >= 11 is 0. The van der Waals surface area contributed by atoms with E-state index in [1.807, 2.05) is 24.4 Å². The summed E-state index contributed by atoms with van der Waals surface area (Å²) in [6.45, 7) is 15.6. The molecule has 0 N–H and O–H groups in total. The van der Waals surface area contributed by atoms with E-state index in [4.69, 9.17) is 9.72 Å².